The summed E-state index contributed by atoms with van der Waals surface area (Å²) in [4.78, 5) is 27.5. The van der Waals surface area contributed by atoms with Crippen molar-refractivity contribution in [1.82, 2.24) is 10.2 Å². The van der Waals surface area contributed by atoms with Gasteiger partial charge in [0.25, 0.3) is 0 Å². The van der Waals surface area contributed by atoms with Crippen LogP contribution < -0.4 is 5.32 Å². The van der Waals surface area contributed by atoms with Crippen LogP contribution >= 0.6 is 11.8 Å². The van der Waals surface area contributed by atoms with Crippen molar-refractivity contribution in [2.45, 2.75) is 74.6 Å². The molecule has 1 saturated heterocycles. The van der Waals surface area contributed by atoms with E-state index in [1.54, 1.807) is 0 Å². The number of hydrogen-bond donors (Lipinski definition) is 1. The molecule has 2 aliphatic carbocycles. The van der Waals surface area contributed by atoms with Gasteiger partial charge in [0.1, 0.15) is 11.6 Å². The van der Waals surface area contributed by atoms with Crippen LogP contribution in [0.4, 0.5) is 0 Å². The van der Waals surface area contributed by atoms with Gasteiger partial charge in [-0.25, -0.2) is 0 Å². The fourth-order valence-corrected chi connectivity index (χ4v) is 5.11. The van der Waals surface area contributed by atoms with E-state index in [0.29, 0.717) is 6.42 Å². The molecule has 0 aromatic rings. The van der Waals surface area contributed by atoms with Gasteiger partial charge in [0, 0.05) is 11.3 Å². The molecule has 21 heavy (non-hydrogen) atoms. The molecule has 1 aliphatic heterocycles. The number of rotatable bonds is 4. The first-order valence-corrected chi connectivity index (χ1v) is 9.47. The quantitative estimate of drug-likeness (QED) is 0.867. The SMILES string of the molecule is CCC1C(=O)NC2(CCCC2)C(=O)N1CC1(SC)CCC1. The molecule has 118 valence electrons. The summed E-state index contributed by atoms with van der Waals surface area (Å²) in [5, 5.41) is 3.08. The van der Waals surface area contributed by atoms with E-state index in [9.17, 15) is 9.59 Å². The molecule has 1 spiro atoms. The van der Waals surface area contributed by atoms with Crippen LogP contribution in [0.2, 0.25) is 0 Å². The van der Waals surface area contributed by atoms with Crippen LogP contribution in [0.5, 0.6) is 0 Å². The number of amides is 2. The minimum absolute atomic E-state index is 0.0644. The Bertz CT molecular complexity index is 436. The van der Waals surface area contributed by atoms with Crippen LogP contribution in [0.15, 0.2) is 0 Å². The Kier molecular flexibility index (Phi) is 3.97. The van der Waals surface area contributed by atoms with Crippen molar-refractivity contribution in [3.63, 3.8) is 0 Å². The summed E-state index contributed by atoms with van der Waals surface area (Å²) in [7, 11) is 0. The lowest BCUT2D eigenvalue weighted by Crippen LogP contribution is -2.71. The molecule has 0 radical (unpaired) electrons. The lowest BCUT2D eigenvalue weighted by molar-refractivity contribution is -0.155. The normalized spacial score (nSPS) is 30.4. The largest absolute Gasteiger partial charge is 0.340 e. The highest BCUT2D eigenvalue weighted by atomic mass is 32.2. The molecule has 0 aromatic heterocycles. The number of thioether (sulfide) groups is 1. The van der Waals surface area contributed by atoms with E-state index >= 15 is 0 Å². The van der Waals surface area contributed by atoms with Crippen molar-refractivity contribution >= 4 is 23.6 Å². The molecule has 5 heteroatoms. The minimum atomic E-state index is -0.577. The number of nitrogens with zero attached hydrogens (tertiary/aromatic N) is 1. The molecule has 0 aromatic carbocycles. The molecule has 1 heterocycles. The third kappa shape index (κ3) is 2.37. The summed E-state index contributed by atoms with van der Waals surface area (Å²) in [6.07, 6.45) is 10.2. The van der Waals surface area contributed by atoms with Crippen LogP contribution in [0.1, 0.15) is 58.3 Å². The third-order valence-electron chi connectivity index (χ3n) is 5.71. The maximum absolute atomic E-state index is 13.1. The fourth-order valence-electron chi connectivity index (χ4n) is 4.14. The number of carbonyl (C=O) groups excluding carboxylic acids is 2. The highest BCUT2D eigenvalue weighted by Gasteiger charge is 2.53. The maximum atomic E-state index is 13.1. The number of nitrogens with one attached hydrogen (secondary N) is 1. The molecule has 1 N–H and O–H groups in total. The van der Waals surface area contributed by atoms with E-state index in [0.717, 1.165) is 32.2 Å². The predicted octanol–water partition coefficient (Wildman–Crippen LogP) is 2.32. The average Bonchev–Trinajstić information content (AvgIpc) is 2.89. The van der Waals surface area contributed by atoms with E-state index < -0.39 is 5.54 Å². The Hall–Kier alpha value is -0.710. The Balaban J connectivity index is 1.86. The van der Waals surface area contributed by atoms with Crippen LogP contribution in [-0.2, 0) is 9.59 Å². The van der Waals surface area contributed by atoms with E-state index in [2.05, 4.69) is 11.6 Å². The van der Waals surface area contributed by atoms with Crippen LogP contribution in [-0.4, -0.2) is 45.8 Å². The van der Waals surface area contributed by atoms with E-state index in [1.165, 1.54) is 19.3 Å². The summed E-state index contributed by atoms with van der Waals surface area (Å²) in [5.74, 6) is 0.251. The number of carbonyl (C=O) groups is 2. The zero-order chi connectivity index (χ0) is 15.1. The van der Waals surface area contributed by atoms with Gasteiger partial charge in [0.05, 0.1) is 0 Å². The van der Waals surface area contributed by atoms with Gasteiger partial charge in [-0.1, -0.05) is 26.2 Å². The van der Waals surface area contributed by atoms with E-state index in [1.807, 2.05) is 23.6 Å². The second kappa shape index (κ2) is 5.49. The first kappa shape index (κ1) is 15.2. The fraction of sp³-hybridized carbons (Fsp3) is 0.875. The van der Waals surface area contributed by atoms with Crippen LogP contribution in [0.25, 0.3) is 0 Å². The summed E-state index contributed by atoms with van der Waals surface area (Å²) in [5.41, 5.74) is -0.577. The number of piperazine rings is 1. The van der Waals surface area contributed by atoms with Gasteiger partial charge in [-0.05, 0) is 38.4 Å². The minimum Gasteiger partial charge on any atom is -0.340 e. The molecule has 4 nitrogen and oxygen atoms in total. The second-order valence-corrected chi connectivity index (χ2v) is 8.15. The van der Waals surface area contributed by atoms with E-state index in [4.69, 9.17) is 0 Å². The maximum Gasteiger partial charge on any atom is 0.249 e. The van der Waals surface area contributed by atoms with Gasteiger partial charge in [-0.2, -0.15) is 11.8 Å². The van der Waals surface area contributed by atoms with Crippen LogP contribution in [0.3, 0.4) is 0 Å². The second-order valence-electron chi connectivity index (χ2n) is 6.88. The lowest BCUT2D eigenvalue weighted by Gasteiger charge is -2.50. The number of hydrogen-bond acceptors (Lipinski definition) is 3. The topological polar surface area (TPSA) is 49.4 Å². The molecule has 2 amide bonds. The van der Waals surface area contributed by atoms with Gasteiger partial charge >= 0.3 is 0 Å². The van der Waals surface area contributed by atoms with Crippen molar-refractivity contribution in [2.24, 2.45) is 0 Å². The standard InChI is InChI=1S/C16H26N2O2S/c1-3-12-13(19)17-16(9-4-5-10-16)14(20)18(12)11-15(21-2)7-6-8-15/h12H,3-11H2,1-2H3,(H,17,19). The molecule has 3 fully saturated rings. The Morgan fingerprint density at radius 2 is 1.86 bits per heavy atom. The smallest absolute Gasteiger partial charge is 0.249 e. The summed E-state index contributed by atoms with van der Waals surface area (Å²) in [6.45, 7) is 2.75. The molecular weight excluding hydrogens is 284 g/mol. The highest BCUT2D eigenvalue weighted by Crippen LogP contribution is 2.45. The highest BCUT2D eigenvalue weighted by molar-refractivity contribution is 8.00. The van der Waals surface area contributed by atoms with Crippen molar-refractivity contribution in [1.29, 1.82) is 0 Å². The van der Waals surface area contributed by atoms with E-state index in [-0.39, 0.29) is 22.6 Å². The Morgan fingerprint density at radius 1 is 1.19 bits per heavy atom. The Morgan fingerprint density at radius 3 is 2.33 bits per heavy atom. The van der Waals surface area contributed by atoms with Crippen molar-refractivity contribution in [3.05, 3.63) is 0 Å². The molecule has 3 rings (SSSR count). The molecule has 1 atom stereocenters. The first-order valence-electron chi connectivity index (χ1n) is 8.24. The zero-order valence-corrected chi connectivity index (χ0v) is 13.9. The van der Waals surface area contributed by atoms with Gasteiger partial charge < -0.3 is 10.2 Å². The molecular formula is C16H26N2O2S. The zero-order valence-electron chi connectivity index (χ0n) is 13.1. The molecule has 0 bridgehead atoms. The first-order chi connectivity index (χ1) is 10.1. The monoisotopic (exact) mass is 310 g/mol. The lowest BCUT2D eigenvalue weighted by atomic mass is 9.81. The van der Waals surface area contributed by atoms with Gasteiger partial charge in [0.2, 0.25) is 11.8 Å². The molecule has 2 saturated carbocycles. The molecule has 3 aliphatic rings. The predicted molar refractivity (Wildman–Crippen MR) is 85.2 cm³/mol. The summed E-state index contributed by atoms with van der Waals surface area (Å²) in [6, 6.07) is -0.270. The summed E-state index contributed by atoms with van der Waals surface area (Å²) >= 11 is 1.87. The van der Waals surface area contributed by atoms with Gasteiger partial charge in [0.15, 0.2) is 0 Å². The molecule has 1 unspecified atom stereocenters. The van der Waals surface area contributed by atoms with Crippen LogP contribution in [0, 0.1) is 0 Å². The van der Waals surface area contributed by atoms with Crippen molar-refractivity contribution in [3.8, 4) is 0 Å². The average molecular weight is 310 g/mol. The van der Waals surface area contributed by atoms with Gasteiger partial charge in [-0.3, -0.25) is 9.59 Å². The Labute approximate surface area is 131 Å². The van der Waals surface area contributed by atoms with Gasteiger partial charge in [-0.15, -0.1) is 0 Å². The van der Waals surface area contributed by atoms with Crippen molar-refractivity contribution in [2.75, 3.05) is 12.8 Å². The summed E-state index contributed by atoms with van der Waals surface area (Å²) < 4.78 is 0.195. The van der Waals surface area contributed by atoms with Crippen molar-refractivity contribution < 1.29 is 9.59 Å². The third-order valence-corrected chi connectivity index (χ3v) is 7.12.